The average molecular weight is 1260 g/mol. The second-order valence-electron chi connectivity index (χ2n) is 23.3. The van der Waals surface area contributed by atoms with E-state index in [1.54, 1.807) is 22.5 Å². The quantitative estimate of drug-likeness (QED) is 0.0317. The maximum absolute atomic E-state index is 10.5. The third kappa shape index (κ3) is 82.7. The van der Waals surface area contributed by atoms with Crippen LogP contribution in [0, 0.1) is 0 Å². The van der Waals surface area contributed by atoms with Gasteiger partial charge in [-0.25, -0.2) is 0 Å². The zero-order chi connectivity index (χ0) is 58.5. The van der Waals surface area contributed by atoms with E-state index in [2.05, 4.69) is 65.6 Å². The zero-order valence-electron chi connectivity index (χ0n) is 52.5. The molecule has 0 aliphatic heterocycles. The number of unbranched alkanes of at least 4 members (excludes halogenated alkanes) is 50. The third-order valence-corrected chi connectivity index (χ3v) is 17.8. The molecule has 10 heteroatoms. The zero-order valence-corrected chi connectivity index (χ0v) is 58.1. The Morgan fingerprint density at radius 1 is 0.244 bits per heavy atom. The van der Waals surface area contributed by atoms with E-state index < -0.39 is 33.7 Å². The van der Waals surface area contributed by atoms with Gasteiger partial charge in [-0.05, 0) is 19.3 Å². The molecule has 0 spiro atoms. The molecule has 0 N–H and O–H groups in total. The molecule has 0 aliphatic carbocycles. The summed E-state index contributed by atoms with van der Waals surface area (Å²) in [6.45, 7) is 9.09. The molecule has 0 heterocycles. The van der Waals surface area contributed by atoms with Crippen molar-refractivity contribution in [3.8, 4) is 0 Å². The van der Waals surface area contributed by atoms with Crippen LogP contribution in [-0.2, 0) is 14.4 Å². The van der Waals surface area contributed by atoms with Crippen LogP contribution in [0.3, 0.4) is 0 Å². The van der Waals surface area contributed by atoms with E-state index in [9.17, 15) is 29.7 Å². The SMILES string of the molecule is CCCCCCCCCCCCCCCCCCC(S)C(=O)[O-].CCCCCCCCCCCCCCCCCCC(S)C(=O)[O-].CCCCCCCCCCCCCCCCCCC(S)C(=O)[O-].CCCCCCC[CH2][Sn+3]. The van der Waals surface area contributed by atoms with E-state index in [0.29, 0.717) is 19.3 Å². The molecule has 0 rings (SSSR count). The summed E-state index contributed by atoms with van der Waals surface area (Å²) in [5.74, 6) is -3.10. The Labute approximate surface area is 518 Å². The van der Waals surface area contributed by atoms with Crippen LogP contribution < -0.4 is 15.3 Å². The predicted octanol–water partition coefficient (Wildman–Crippen LogP) is 20.0. The van der Waals surface area contributed by atoms with Gasteiger partial charge in [-0.2, -0.15) is 37.9 Å². The van der Waals surface area contributed by atoms with Crippen molar-refractivity contribution in [3.63, 3.8) is 0 Å². The van der Waals surface area contributed by atoms with Gasteiger partial charge < -0.3 is 29.7 Å². The molecule has 0 bridgehead atoms. The van der Waals surface area contributed by atoms with Gasteiger partial charge >= 0.3 is 72.4 Å². The Bertz CT molecular complexity index is 1000. The van der Waals surface area contributed by atoms with Gasteiger partial charge in [0.15, 0.2) is 0 Å². The van der Waals surface area contributed by atoms with Crippen molar-refractivity contribution in [2.24, 2.45) is 0 Å². The van der Waals surface area contributed by atoms with Crippen molar-refractivity contribution in [1.82, 2.24) is 0 Å². The number of carboxylic acids is 3. The summed E-state index contributed by atoms with van der Waals surface area (Å²) >= 11 is 13.7. The number of aliphatic carboxylic acids is 3. The molecule has 0 fully saturated rings. The van der Waals surface area contributed by atoms with Crippen molar-refractivity contribution < 1.29 is 29.7 Å². The van der Waals surface area contributed by atoms with E-state index >= 15 is 0 Å². The summed E-state index contributed by atoms with van der Waals surface area (Å²) < 4.78 is 1.46. The third-order valence-electron chi connectivity index (χ3n) is 15.3. The normalized spacial score (nSPS) is 12.2. The molecule has 3 unspecified atom stereocenters. The molecule has 0 aromatic rings. The van der Waals surface area contributed by atoms with E-state index in [-0.39, 0.29) is 0 Å². The molecule has 464 valence electrons. The van der Waals surface area contributed by atoms with Crippen LogP contribution in [0.5, 0.6) is 0 Å². The molecular formula is C68H134O6S3Sn. The number of rotatable bonds is 60. The Hall–Kier alpha value is 0.259. The number of hydrogen-bond donors (Lipinski definition) is 3. The summed E-state index contributed by atoms with van der Waals surface area (Å²) in [5.41, 5.74) is 0. The monoisotopic (exact) mass is 1260 g/mol. The second-order valence-corrected chi connectivity index (χ2v) is 26.6. The Kier molecular flexibility index (Phi) is 83.9. The molecule has 0 aliphatic rings. The fourth-order valence-electron chi connectivity index (χ4n) is 9.92. The van der Waals surface area contributed by atoms with Gasteiger partial charge in [-0.15, -0.1) is 0 Å². The Morgan fingerprint density at radius 2 is 0.359 bits per heavy atom. The minimum absolute atomic E-state index is 0.582. The molecule has 0 aromatic heterocycles. The first-order valence-corrected chi connectivity index (χ1v) is 37.8. The van der Waals surface area contributed by atoms with Gasteiger partial charge in [0.25, 0.3) is 0 Å². The van der Waals surface area contributed by atoms with E-state index in [0.717, 1.165) is 38.5 Å². The molecule has 0 radical (unpaired) electrons. The number of thiol groups is 3. The fraction of sp³-hybridized carbons (Fsp3) is 0.956. The van der Waals surface area contributed by atoms with E-state index in [1.807, 2.05) is 0 Å². The minimum atomic E-state index is -1.03. The van der Waals surface area contributed by atoms with Crippen LogP contribution in [0.4, 0.5) is 0 Å². The molecule has 0 aromatic carbocycles. The van der Waals surface area contributed by atoms with Crippen molar-refractivity contribution in [1.29, 1.82) is 0 Å². The van der Waals surface area contributed by atoms with Crippen LogP contribution in [0.2, 0.25) is 4.44 Å². The number of hydrogen-bond acceptors (Lipinski definition) is 9. The molecule has 0 saturated carbocycles. The molecule has 3 atom stereocenters. The van der Waals surface area contributed by atoms with Gasteiger partial charge in [0.2, 0.25) is 0 Å². The van der Waals surface area contributed by atoms with Gasteiger partial charge in [-0.1, -0.05) is 329 Å². The van der Waals surface area contributed by atoms with Crippen molar-refractivity contribution >= 4 is 78.3 Å². The number of carboxylic acid groups (broad SMARTS) is 3. The molecule has 0 saturated heterocycles. The fourth-order valence-corrected chi connectivity index (χ4v) is 11.2. The topological polar surface area (TPSA) is 120 Å². The van der Waals surface area contributed by atoms with Crippen LogP contribution in [-0.4, -0.2) is 56.2 Å². The van der Waals surface area contributed by atoms with Gasteiger partial charge in [0.1, 0.15) is 0 Å². The Morgan fingerprint density at radius 3 is 0.474 bits per heavy atom. The standard InChI is InChI=1S/3C20H40O2S.C8H17.Sn/c3*1-2-3-4-5-6-7-8-9-10-11-12-13-14-15-16-17-18-19(23)20(21)22;1-3-5-7-8-6-4-2;/h3*19,23H,2-18H2,1H3,(H,21,22);1,3-8H2,2H3;/q;;;;+3/p-3. The molecular weight excluding hydrogens is 1130 g/mol. The van der Waals surface area contributed by atoms with Gasteiger partial charge in [0, 0.05) is 15.7 Å². The van der Waals surface area contributed by atoms with Crippen molar-refractivity contribution in [2.45, 2.75) is 414 Å². The van der Waals surface area contributed by atoms with Crippen molar-refractivity contribution in [2.75, 3.05) is 0 Å². The summed E-state index contributed by atoms with van der Waals surface area (Å²) in [6, 6.07) is 0. The first kappa shape index (κ1) is 84.7. The summed E-state index contributed by atoms with van der Waals surface area (Å²) in [5, 5.41) is 29.8. The summed E-state index contributed by atoms with van der Waals surface area (Å²) in [4.78, 5) is 31.5. The molecule has 78 heavy (non-hydrogen) atoms. The van der Waals surface area contributed by atoms with Crippen LogP contribution in [0.25, 0.3) is 0 Å². The Balaban J connectivity index is -0.000000487. The average Bonchev–Trinajstić information content (AvgIpc) is 3.42. The maximum atomic E-state index is 10.5. The van der Waals surface area contributed by atoms with Crippen LogP contribution >= 0.6 is 37.9 Å². The van der Waals surface area contributed by atoms with Crippen LogP contribution in [0.1, 0.15) is 394 Å². The van der Waals surface area contributed by atoms with Gasteiger partial charge in [-0.3, -0.25) is 0 Å². The van der Waals surface area contributed by atoms with Crippen LogP contribution in [0.15, 0.2) is 0 Å². The first-order valence-electron chi connectivity index (χ1n) is 34.3. The summed E-state index contributed by atoms with van der Waals surface area (Å²) in [7, 11) is 0. The molecule has 6 nitrogen and oxygen atoms in total. The second kappa shape index (κ2) is 77.3. The number of carbonyl (C=O) groups is 3. The van der Waals surface area contributed by atoms with E-state index in [4.69, 9.17) is 0 Å². The number of carbonyl (C=O) groups excluding carboxylic acids is 3. The van der Waals surface area contributed by atoms with Gasteiger partial charge in [0.05, 0.1) is 17.9 Å². The molecule has 0 amide bonds. The van der Waals surface area contributed by atoms with E-state index in [1.165, 1.54) is 313 Å². The van der Waals surface area contributed by atoms with Crippen molar-refractivity contribution in [3.05, 3.63) is 0 Å². The summed E-state index contributed by atoms with van der Waals surface area (Å²) in [6.07, 6.45) is 74.9. The first-order chi connectivity index (χ1) is 38.0. The predicted molar refractivity (Wildman–Crippen MR) is 350 cm³/mol.